The highest BCUT2D eigenvalue weighted by Crippen LogP contribution is 2.10. The van der Waals surface area contributed by atoms with E-state index in [0.717, 1.165) is 12.8 Å². The Labute approximate surface area is 106 Å². The van der Waals surface area contributed by atoms with Gasteiger partial charge in [0.2, 0.25) is 0 Å². The second-order valence-electron chi connectivity index (χ2n) is 5.16. The van der Waals surface area contributed by atoms with E-state index in [0.29, 0.717) is 19.1 Å². The molecule has 0 aromatic rings. The summed E-state index contributed by atoms with van der Waals surface area (Å²) in [6, 6.07) is 2.10. The third-order valence-electron chi connectivity index (χ3n) is 2.96. The number of rotatable bonds is 10. The van der Waals surface area contributed by atoms with Crippen LogP contribution in [0.4, 0.5) is 0 Å². The van der Waals surface area contributed by atoms with Gasteiger partial charge in [0.15, 0.2) is 0 Å². The predicted octanol–water partition coefficient (Wildman–Crippen LogP) is 3.38. The van der Waals surface area contributed by atoms with Crippen molar-refractivity contribution in [2.75, 3.05) is 6.61 Å². The zero-order valence-corrected chi connectivity index (χ0v) is 11.7. The molecule has 2 atom stereocenters. The van der Waals surface area contributed by atoms with E-state index in [2.05, 4.69) is 19.9 Å². The van der Waals surface area contributed by atoms with Gasteiger partial charge in [-0.25, -0.2) is 0 Å². The molecule has 0 heterocycles. The fraction of sp³-hybridized carbons (Fsp3) is 0.929. The fourth-order valence-corrected chi connectivity index (χ4v) is 1.72. The van der Waals surface area contributed by atoms with Crippen molar-refractivity contribution in [1.29, 1.82) is 5.26 Å². The van der Waals surface area contributed by atoms with Crippen molar-refractivity contribution in [2.45, 2.75) is 77.4 Å². The van der Waals surface area contributed by atoms with Crippen LogP contribution >= 0.6 is 0 Å². The molecule has 0 aliphatic rings. The quantitative estimate of drug-likeness (QED) is 0.595. The molecule has 3 heteroatoms. The van der Waals surface area contributed by atoms with Crippen LogP contribution in [0.2, 0.25) is 0 Å². The smallest absolute Gasteiger partial charge is 0.101 e. The maximum absolute atomic E-state index is 8.75. The van der Waals surface area contributed by atoms with Crippen LogP contribution in [0.15, 0.2) is 0 Å². The number of nitrogens with two attached hydrogens (primary N) is 1. The number of nitrogens with zero attached hydrogens (tertiary/aromatic N) is 1. The van der Waals surface area contributed by atoms with Gasteiger partial charge < -0.3 is 10.5 Å². The largest absolute Gasteiger partial charge is 0.379 e. The van der Waals surface area contributed by atoms with Crippen molar-refractivity contribution in [3.05, 3.63) is 0 Å². The van der Waals surface area contributed by atoms with E-state index < -0.39 is 5.54 Å². The lowest BCUT2D eigenvalue weighted by molar-refractivity contribution is 0.0545. The van der Waals surface area contributed by atoms with Crippen LogP contribution in [0, 0.1) is 11.3 Å². The first-order chi connectivity index (χ1) is 8.02. The van der Waals surface area contributed by atoms with E-state index >= 15 is 0 Å². The van der Waals surface area contributed by atoms with Crippen LogP contribution in [-0.2, 0) is 4.74 Å². The minimum absolute atomic E-state index is 0.331. The first-order valence-electron chi connectivity index (χ1n) is 6.83. The fourth-order valence-electron chi connectivity index (χ4n) is 1.72. The summed E-state index contributed by atoms with van der Waals surface area (Å²) >= 11 is 0. The maximum Gasteiger partial charge on any atom is 0.101 e. The SMILES string of the molecule is CCCCCCC(C)OCCCC(C)(N)C#N. The lowest BCUT2D eigenvalue weighted by Gasteiger charge is -2.17. The van der Waals surface area contributed by atoms with E-state index in [1.54, 1.807) is 6.92 Å². The lowest BCUT2D eigenvalue weighted by Crippen LogP contribution is -2.34. The molecule has 0 spiro atoms. The summed E-state index contributed by atoms with van der Waals surface area (Å²) in [5.41, 5.74) is 5.03. The number of hydrogen-bond donors (Lipinski definition) is 1. The first-order valence-corrected chi connectivity index (χ1v) is 6.83. The molecule has 0 amide bonds. The van der Waals surface area contributed by atoms with Gasteiger partial charge in [-0.2, -0.15) is 5.26 Å². The average Bonchev–Trinajstić information content (AvgIpc) is 2.30. The minimum atomic E-state index is -0.701. The maximum atomic E-state index is 8.75. The summed E-state index contributed by atoms with van der Waals surface area (Å²) in [4.78, 5) is 0. The van der Waals surface area contributed by atoms with Crippen molar-refractivity contribution in [1.82, 2.24) is 0 Å². The van der Waals surface area contributed by atoms with Gasteiger partial charge in [-0.05, 0) is 33.1 Å². The molecule has 0 fully saturated rings. The molecule has 0 saturated heterocycles. The highest BCUT2D eigenvalue weighted by Gasteiger charge is 2.16. The third-order valence-corrected chi connectivity index (χ3v) is 2.96. The molecule has 2 unspecified atom stereocenters. The molecule has 0 radical (unpaired) electrons. The second kappa shape index (κ2) is 9.44. The molecule has 0 aromatic heterocycles. The highest BCUT2D eigenvalue weighted by molar-refractivity contribution is 5.00. The molecule has 0 aliphatic heterocycles. The van der Waals surface area contributed by atoms with Crippen LogP contribution in [0.3, 0.4) is 0 Å². The zero-order chi connectivity index (χ0) is 13.1. The molecule has 0 aromatic carbocycles. The molecule has 0 saturated carbocycles. The zero-order valence-electron chi connectivity index (χ0n) is 11.7. The molecule has 2 N–H and O–H groups in total. The van der Waals surface area contributed by atoms with Crippen molar-refractivity contribution >= 4 is 0 Å². The lowest BCUT2D eigenvalue weighted by atomic mass is 10.00. The Morgan fingerprint density at radius 2 is 2.00 bits per heavy atom. The number of unbranched alkanes of at least 4 members (excludes halogenated alkanes) is 3. The van der Waals surface area contributed by atoms with Gasteiger partial charge in [-0.3, -0.25) is 0 Å². The van der Waals surface area contributed by atoms with E-state index in [-0.39, 0.29) is 0 Å². The number of nitriles is 1. The molecule has 0 bridgehead atoms. The molecule has 100 valence electrons. The number of hydrogen-bond acceptors (Lipinski definition) is 3. The monoisotopic (exact) mass is 240 g/mol. The van der Waals surface area contributed by atoms with Gasteiger partial charge in [0.1, 0.15) is 5.54 Å². The summed E-state index contributed by atoms with van der Waals surface area (Å²) in [5.74, 6) is 0. The summed E-state index contributed by atoms with van der Waals surface area (Å²) in [7, 11) is 0. The minimum Gasteiger partial charge on any atom is -0.379 e. The van der Waals surface area contributed by atoms with Crippen molar-refractivity contribution in [3.8, 4) is 6.07 Å². The highest BCUT2D eigenvalue weighted by atomic mass is 16.5. The third kappa shape index (κ3) is 10.3. The van der Waals surface area contributed by atoms with Crippen LogP contribution in [0.1, 0.15) is 65.7 Å². The second-order valence-corrected chi connectivity index (χ2v) is 5.16. The first kappa shape index (κ1) is 16.4. The molecule has 17 heavy (non-hydrogen) atoms. The average molecular weight is 240 g/mol. The van der Waals surface area contributed by atoms with E-state index in [1.165, 1.54) is 25.7 Å². The standard InChI is InChI=1S/C14H28N2O/c1-4-5-6-7-9-13(2)17-11-8-10-14(3,16)12-15/h13H,4-11,16H2,1-3H3. The van der Waals surface area contributed by atoms with Gasteiger partial charge in [0.05, 0.1) is 12.2 Å². The van der Waals surface area contributed by atoms with Gasteiger partial charge in [-0.15, -0.1) is 0 Å². The van der Waals surface area contributed by atoms with Crippen LogP contribution in [-0.4, -0.2) is 18.2 Å². The summed E-state index contributed by atoms with van der Waals surface area (Å²) < 4.78 is 5.70. The Bertz CT molecular complexity index is 221. The van der Waals surface area contributed by atoms with Crippen LogP contribution in [0.5, 0.6) is 0 Å². The van der Waals surface area contributed by atoms with Gasteiger partial charge in [0.25, 0.3) is 0 Å². The van der Waals surface area contributed by atoms with Crippen LogP contribution < -0.4 is 5.73 Å². The number of ether oxygens (including phenoxy) is 1. The molecule has 0 rings (SSSR count). The van der Waals surface area contributed by atoms with Gasteiger partial charge in [0, 0.05) is 6.61 Å². The van der Waals surface area contributed by atoms with E-state index in [9.17, 15) is 0 Å². The Balaban J connectivity index is 3.40. The molecule has 3 nitrogen and oxygen atoms in total. The van der Waals surface area contributed by atoms with Crippen molar-refractivity contribution in [3.63, 3.8) is 0 Å². The molecule has 0 aliphatic carbocycles. The summed E-state index contributed by atoms with van der Waals surface area (Å²) in [6.45, 7) is 6.82. The summed E-state index contributed by atoms with van der Waals surface area (Å²) in [5, 5.41) is 8.75. The Hall–Kier alpha value is -0.590. The predicted molar refractivity (Wildman–Crippen MR) is 71.6 cm³/mol. The topological polar surface area (TPSA) is 59.0 Å². The molecular formula is C14H28N2O. The Morgan fingerprint density at radius 3 is 2.59 bits per heavy atom. The van der Waals surface area contributed by atoms with E-state index in [1.807, 2.05) is 0 Å². The molecular weight excluding hydrogens is 212 g/mol. The Morgan fingerprint density at radius 1 is 1.29 bits per heavy atom. The summed E-state index contributed by atoms with van der Waals surface area (Å²) in [6.07, 6.45) is 8.18. The van der Waals surface area contributed by atoms with Gasteiger partial charge in [-0.1, -0.05) is 32.6 Å². The van der Waals surface area contributed by atoms with Gasteiger partial charge >= 0.3 is 0 Å². The van der Waals surface area contributed by atoms with Crippen LogP contribution in [0.25, 0.3) is 0 Å². The van der Waals surface area contributed by atoms with E-state index in [4.69, 9.17) is 15.7 Å². The normalized spacial score (nSPS) is 16.2. The Kier molecular flexibility index (Phi) is 9.11. The van der Waals surface area contributed by atoms with Crippen molar-refractivity contribution < 1.29 is 4.74 Å². The van der Waals surface area contributed by atoms with Crippen molar-refractivity contribution in [2.24, 2.45) is 5.73 Å².